The van der Waals surface area contributed by atoms with Crippen molar-refractivity contribution < 1.29 is 14.4 Å². The predicted molar refractivity (Wildman–Crippen MR) is 71.2 cm³/mol. The second-order valence-corrected chi connectivity index (χ2v) is 5.17. The molecule has 0 aromatic heterocycles. The number of rotatable bonds is 4. The summed E-state index contributed by atoms with van der Waals surface area (Å²) in [5, 5.41) is 1.40. The Kier molecular flexibility index (Phi) is 3.31. The van der Waals surface area contributed by atoms with Crippen LogP contribution in [0, 0.1) is 0 Å². The van der Waals surface area contributed by atoms with Crippen LogP contribution in [0.15, 0.2) is 30.3 Å². The number of benzene rings is 1. The molecule has 6 nitrogen and oxygen atoms in total. The van der Waals surface area contributed by atoms with Gasteiger partial charge in [-0.2, -0.15) is 5.06 Å². The van der Waals surface area contributed by atoms with Crippen molar-refractivity contribution in [2.75, 3.05) is 6.54 Å². The van der Waals surface area contributed by atoms with Crippen molar-refractivity contribution in [2.24, 2.45) is 5.73 Å². The topological polar surface area (TPSA) is 75.9 Å². The second-order valence-electron chi connectivity index (χ2n) is 5.17. The molecule has 0 saturated carbocycles. The van der Waals surface area contributed by atoms with Crippen LogP contribution in [-0.4, -0.2) is 40.5 Å². The summed E-state index contributed by atoms with van der Waals surface area (Å²) in [5.41, 5.74) is 6.34. The van der Waals surface area contributed by atoms with Crippen molar-refractivity contribution >= 4 is 11.9 Å². The number of hydroxylamine groups is 2. The molecule has 1 aromatic rings. The van der Waals surface area contributed by atoms with E-state index in [4.69, 9.17) is 10.6 Å². The molecule has 2 saturated heterocycles. The van der Waals surface area contributed by atoms with Crippen molar-refractivity contribution in [2.45, 2.75) is 31.5 Å². The van der Waals surface area contributed by atoms with Crippen LogP contribution in [0.5, 0.6) is 0 Å². The predicted octanol–water partition coefficient (Wildman–Crippen LogP) is 0.872. The van der Waals surface area contributed by atoms with Gasteiger partial charge in [-0.15, -0.1) is 0 Å². The lowest BCUT2D eigenvalue weighted by atomic mass is 10.0. The Morgan fingerprint density at radius 3 is 2.75 bits per heavy atom. The monoisotopic (exact) mass is 275 g/mol. The SMILES string of the molecule is NC(=O)[C@H]1CCC2CN1C(=O)N2OCc1ccccc1. The minimum atomic E-state index is -0.496. The minimum absolute atomic E-state index is 0.0156. The van der Waals surface area contributed by atoms with E-state index < -0.39 is 11.9 Å². The molecule has 2 aliphatic rings. The zero-order chi connectivity index (χ0) is 14.1. The summed E-state index contributed by atoms with van der Waals surface area (Å²) in [6.07, 6.45) is 1.35. The molecule has 1 aromatic carbocycles. The molecule has 2 fully saturated rings. The molecular formula is C14H17N3O3. The van der Waals surface area contributed by atoms with Crippen molar-refractivity contribution in [1.29, 1.82) is 0 Å². The van der Waals surface area contributed by atoms with E-state index in [-0.39, 0.29) is 12.1 Å². The maximum Gasteiger partial charge on any atom is 0.345 e. The van der Waals surface area contributed by atoms with Crippen LogP contribution >= 0.6 is 0 Å². The standard InChI is InChI=1S/C14H17N3O3/c15-13(18)12-7-6-11-8-16(12)14(19)17(11)20-9-10-4-2-1-3-5-10/h1-5,11-12H,6-9H2,(H2,15,18)/t11?,12-/m1/s1. The molecule has 3 amide bonds. The fourth-order valence-electron chi connectivity index (χ4n) is 2.81. The Labute approximate surface area is 117 Å². The first-order valence-electron chi connectivity index (χ1n) is 6.73. The molecule has 20 heavy (non-hydrogen) atoms. The molecular weight excluding hydrogens is 258 g/mol. The lowest BCUT2D eigenvalue weighted by Gasteiger charge is -2.27. The average molecular weight is 275 g/mol. The van der Waals surface area contributed by atoms with Crippen molar-refractivity contribution in [3.8, 4) is 0 Å². The number of carbonyl (C=O) groups is 2. The zero-order valence-electron chi connectivity index (χ0n) is 11.1. The fourth-order valence-corrected chi connectivity index (χ4v) is 2.81. The van der Waals surface area contributed by atoms with Crippen molar-refractivity contribution in [1.82, 2.24) is 9.96 Å². The number of primary amides is 1. The molecule has 106 valence electrons. The third-order valence-corrected chi connectivity index (χ3v) is 3.86. The number of urea groups is 1. The Bertz CT molecular complexity index is 520. The van der Waals surface area contributed by atoms with Crippen LogP contribution in [0.25, 0.3) is 0 Å². The van der Waals surface area contributed by atoms with Gasteiger partial charge in [0.25, 0.3) is 0 Å². The van der Waals surface area contributed by atoms with Gasteiger partial charge >= 0.3 is 6.03 Å². The average Bonchev–Trinajstić information content (AvgIpc) is 2.70. The summed E-state index contributed by atoms with van der Waals surface area (Å²) >= 11 is 0. The van der Waals surface area contributed by atoms with Gasteiger partial charge in [-0.1, -0.05) is 30.3 Å². The lowest BCUT2D eigenvalue weighted by molar-refractivity contribution is -0.140. The van der Waals surface area contributed by atoms with Crippen LogP contribution in [0.3, 0.4) is 0 Å². The van der Waals surface area contributed by atoms with E-state index in [0.717, 1.165) is 12.0 Å². The second kappa shape index (κ2) is 5.13. The number of carbonyl (C=O) groups excluding carboxylic acids is 2. The first kappa shape index (κ1) is 12.9. The lowest BCUT2D eigenvalue weighted by Crippen LogP contribution is -2.47. The van der Waals surface area contributed by atoms with Crippen molar-refractivity contribution in [3.63, 3.8) is 0 Å². The maximum atomic E-state index is 12.2. The normalized spacial score (nSPS) is 25.1. The number of hydrogen-bond acceptors (Lipinski definition) is 3. The summed E-state index contributed by atoms with van der Waals surface area (Å²) in [6.45, 7) is 0.861. The summed E-state index contributed by atoms with van der Waals surface area (Å²) in [5.74, 6) is -0.443. The van der Waals surface area contributed by atoms with E-state index in [0.29, 0.717) is 19.6 Å². The molecule has 1 unspecified atom stereocenters. The smallest absolute Gasteiger partial charge is 0.345 e. The Balaban J connectivity index is 1.67. The first-order chi connectivity index (χ1) is 9.66. The minimum Gasteiger partial charge on any atom is -0.368 e. The number of amides is 3. The molecule has 0 spiro atoms. The summed E-state index contributed by atoms with van der Waals surface area (Å²) in [7, 11) is 0. The zero-order valence-corrected chi connectivity index (χ0v) is 11.1. The van der Waals surface area contributed by atoms with Gasteiger partial charge in [0.2, 0.25) is 5.91 Å². The van der Waals surface area contributed by atoms with Gasteiger partial charge in [-0.05, 0) is 18.4 Å². The summed E-state index contributed by atoms with van der Waals surface area (Å²) in [4.78, 5) is 30.7. The number of nitrogens with two attached hydrogens (primary N) is 1. The van der Waals surface area contributed by atoms with E-state index in [2.05, 4.69) is 0 Å². The number of piperidine rings is 1. The van der Waals surface area contributed by atoms with Gasteiger partial charge in [0, 0.05) is 6.54 Å². The van der Waals surface area contributed by atoms with E-state index in [1.807, 2.05) is 30.3 Å². The van der Waals surface area contributed by atoms with E-state index in [9.17, 15) is 9.59 Å². The highest BCUT2D eigenvalue weighted by Gasteiger charge is 2.47. The third kappa shape index (κ3) is 2.22. The van der Waals surface area contributed by atoms with Crippen LogP contribution in [-0.2, 0) is 16.2 Å². The van der Waals surface area contributed by atoms with E-state index >= 15 is 0 Å². The number of fused-ring (bicyclic) bond motifs is 2. The molecule has 2 aliphatic heterocycles. The highest BCUT2D eigenvalue weighted by Crippen LogP contribution is 2.30. The highest BCUT2D eigenvalue weighted by atomic mass is 16.7. The molecule has 0 aliphatic carbocycles. The van der Waals surface area contributed by atoms with Crippen LogP contribution in [0.2, 0.25) is 0 Å². The van der Waals surface area contributed by atoms with Crippen molar-refractivity contribution in [3.05, 3.63) is 35.9 Å². The fraction of sp³-hybridized carbons (Fsp3) is 0.429. The van der Waals surface area contributed by atoms with E-state index in [1.54, 1.807) is 0 Å². The largest absolute Gasteiger partial charge is 0.368 e. The van der Waals surface area contributed by atoms with Gasteiger partial charge in [-0.25, -0.2) is 4.79 Å². The van der Waals surface area contributed by atoms with Crippen LogP contribution < -0.4 is 5.73 Å². The van der Waals surface area contributed by atoms with Crippen LogP contribution in [0.4, 0.5) is 4.79 Å². The first-order valence-corrected chi connectivity index (χ1v) is 6.73. The molecule has 2 atom stereocenters. The Morgan fingerprint density at radius 2 is 2.05 bits per heavy atom. The van der Waals surface area contributed by atoms with E-state index in [1.165, 1.54) is 9.96 Å². The van der Waals surface area contributed by atoms with Gasteiger partial charge in [0.1, 0.15) is 12.6 Å². The molecule has 3 rings (SSSR count). The molecule has 2 bridgehead atoms. The third-order valence-electron chi connectivity index (χ3n) is 3.86. The molecule has 2 N–H and O–H groups in total. The Morgan fingerprint density at radius 1 is 1.30 bits per heavy atom. The van der Waals surface area contributed by atoms with Gasteiger partial charge in [-0.3, -0.25) is 9.63 Å². The number of nitrogens with zero attached hydrogens (tertiary/aromatic N) is 2. The summed E-state index contributed by atoms with van der Waals surface area (Å²) in [6, 6.07) is 8.93. The highest BCUT2D eigenvalue weighted by molar-refractivity contribution is 5.87. The van der Waals surface area contributed by atoms with Gasteiger partial charge in [0.05, 0.1) is 6.04 Å². The molecule has 2 heterocycles. The number of hydrogen-bond donors (Lipinski definition) is 1. The Hall–Kier alpha value is -2.08. The molecule has 0 radical (unpaired) electrons. The van der Waals surface area contributed by atoms with Gasteiger partial charge < -0.3 is 10.6 Å². The van der Waals surface area contributed by atoms with Crippen LogP contribution in [0.1, 0.15) is 18.4 Å². The maximum absolute atomic E-state index is 12.2. The van der Waals surface area contributed by atoms with Gasteiger partial charge in [0.15, 0.2) is 0 Å². The molecule has 6 heteroatoms. The quantitative estimate of drug-likeness (QED) is 0.886. The summed E-state index contributed by atoms with van der Waals surface area (Å²) < 4.78 is 0.